The molecule has 150 valence electrons. The molecule has 0 bridgehead atoms. The second-order valence-corrected chi connectivity index (χ2v) is 8.68. The number of aromatic nitrogens is 1. The number of hydrogen-bond acceptors (Lipinski definition) is 5. The molecule has 5 heteroatoms. The summed E-state index contributed by atoms with van der Waals surface area (Å²) in [6.07, 6.45) is 5.25. The number of benzene rings is 1. The Bertz CT molecular complexity index is 795. The van der Waals surface area contributed by atoms with Crippen molar-refractivity contribution in [1.29, 1.82) is 0 Å². The summed E-state index contributed by atoms with van der Waals surface area (Å²) in [6, 6.07) is 11.7. The van der Waals surface area contributed by atoms with Crippen molar-refractivity contribution in [3.05, 3.63) is 35.9 Å². The smallest absolute Gasteiger partial charge is 0.133 e. The lowest BCUT2D eigenvalue weighted by molar-refractivity contribution is 0.170. The Morgan fingerprint density at radius 3 is 2.64 bits per heavy atom. The van der Waals surface area contributed by atoms with Crippen molar-refractivity contribution in [2.75, 3.05) is 57.3 Å². The Hall–Kier alpha value is -1.69. The van der Waals surface area contributed by atoms with Crippen LogP contribution in [0, 0.1) is 0 Å². The van der Waals surface area contributed by atoms with Crippen molar-refractivity contribution < 1.29 is 0 Å². The number of piperidine rings is 1. The Morgan fingerprint density at radius 2 is 1.79 bits per heavy atom. The van der Waals surface area contributed by atoms with Crippen LogP contribution in [0.1, 0.15) is 31.2 Å². The molecule has 0 spiro atoms. The van der Waals surface area contributed by atoms with E-state index in [1.807, 2.05) is 0 Å². The number of piperazine rings is 1. The lowest BCUT2D eigenvalue weighted by Gasteiger charge is -2.33. The number of nitrogens with one attached hydrogen (secondary N) is 1. The molecule has 0 radical (unpaired) electrons. The van der Waals surface area contributed by atoms with E-state index in [2.05, 4.69) is 50.3 Å². The normalized spacial score (nSPS) is 24.9. The minimum absolute atomic E-state index is 0.731. The van der Waals surface area contributed by atoms with Gasteiger partial charge >= 0.3 is 0 Å². The minimum atomic E-state index is 0.731. The van der Waals surface area contributed by atoms with Crippen LogP contribution in [-0.2, 0) is 6.54 Å². The van der Waals surface area contributed by atoms with Gasteiger partial charge < -0.3 is 10.2 Å². The second kappa shape index (κ2) is 8.36. The number of fused-ring (bicyclic) bond motifs is 1. The molecule has 1 aromatic carbocycles. The summed E-state index contributed by atoms with van der Waals surface area (Å²) >= 11 is 0. The molecule has 1 aromatic heterocycles. The number of para-hydroxylation sites is 1. The number of nitrogens with zero attached hydrogens (tertiary/aromatic N) is 4. The minimum Gasteiger partial charge on any atom is -0.356 e. The molecule has 5 nitrogen and oxygen atoms in total. The van der Waals surface area contributed by atoms with Crippen molar-refractivity contribution in [2.45, 2.75) is 38.3 Å². The number of anilines is 1. The van der Waals surface area contributed by atoms with E-state index in [1.165, 1.54) is 68.6 Å². The summed E-state index contributed by atoms with van der Waals surface area (Å²) < 4.78 is 0. The van der Waals surface area contributed by atoms with Gasteiger partial charge in [-0.1, -0.05) is 18.2 Å². The Morgan fingerprint density at radius 1 is 0.964 bits per heavy atom. The number of hydrogen-bond donors (Lipinski definition) is 1. The molecule has 1 atom stereocenters. The zero-order chi connectivity index (χ0) is 18.8. The number of rotatable bonds is 4. The van der Waals surface area contributed by atoms with Crippen LogP contribution in [0.5, 0.6) is 0 Å². The highest BCUT2D eigenvalue weighted by Gasteiger charge is 2.29. The predicted molar refractivity (Wildman–Crippen MR) is 116 cm³/mol. The molecular weight excluding hydrogens is 346 g/mol. The molecular formula is C23H33N5. The van der Waals surface area contributed by atoms with E-state index in [1.54, 1.807) is 0 Å². The number of likely N-dealkylation sites (tertiary alicyclic amines) is 1. The van der Waals surface area contributed by atoms with E-state index in [9.17, 15) is 0 Å². The maximum absolute atomic E-state index is 5.13. The highest BCUT2D eigenvalue weighted by atomic mass is 15.3. The third-order valence-electron chi connectivity index (χ3n) is 6.75. The van der Waals surface area contributed by atoms with Gasteiger partial charge in [0.2, 0.25) is 0 Å². The van der Waals surface area contributed by atoms with Crippen LogP contribution in [0.25, 0.3) is 10.9 Å². The topological polar surface area (TPSA) is 34.6 Å². The standard InChI is InChI=1S/C23H33N5/c1-4-11-28(12-5-1)23-20(16-19-6-2-3-7-22(19)25-23)17-26-13-8-21(18-26)27-14-9-24-10-15-27/h2-3,6-7,16,21,24H,1,4-5,8-15,17-18H2. The first-order valence-corrected chi connectivity index (χ1v) is 11.2. The third-order valence-corrected chi connectivity index (χ3v) is 6.75. The summed E-state index contributed by atoms with van der Waals surface area (Å²) in [6.45, 7) is 10.4. The van der Waals surface area contributed by atoms with E-state index in [0.29, 0.717) is 0 Å². The lowest BCUT2D eigenvalue weighted by Crippen LogP contribution is -2.49. The van der Waals surface area contributed by atoms with Gasteiger partial charge in [-0.2, -0.15) is 0 Å². The van der Waals surface area contributed by atoms with Gasteiger partial charge in [0, 0.05) is 75.9 Å². The predicted octanol–water partition coefficient (Wildman–Crippen LogP) is 2.70. The Kier molecular flexibility index (Phi) is 5.47. The zero-order valence-electron chi connectivity index (χ0n) is 16.9. The monoisotopic (exact) mass is 379 g/mol. The average Bonchev–Trinajstić information content (AvgIpc) is 3.23. The van der Waals surface area contributed by atoms with Crippen LogP contribution < -0.4 is 10.2 Å². The van der Waals surface area contributed by atoms with Gasteiger partial charge in [-0.25, -0.2) is 4.98 Å². The first kappa shape index (κ1) is 18.3. The maximum Gasteiger partial charge on any atom is 0.133 e. The van der Waals surface area contributed by atoms with Crippen LogP contribution in [0.4, 0.5) is 5.82 Å². The molecule has 3 aliphatic rings. The molecule has 1 unspecified atom stereocenters. The SMILES string of the molecule is c1ccc2nc(N3CCCCC3)c(CN3CCC(N4CCNCC4)C3)cc2c1. The van der Waals surface area contributed by atoms with Gasteiger partial charge in [0.15, 0.2) is 0 Å². The first-order chi connectivity index (χ1) is 13.9. The number of pyridine rings is 1. The molecule has 0 aliphatic carbocycles. The van der Waals surface area contributed by atoms with Crippen molar-refractivity contribution in [3.63, 3.8) is 0 Å². The van der Waals surface area contributed by atoms with Gasteiger partial charge in [0.25, 0.3) is 0 Å². The van der Waals surface area contributed by atoms with Crippen LogP contribution in [0.15, 0.2) is 30.3 Å². The van der Waals surface area contributed by atoms with E-state index >= 15 is 0 Å². The molecule has 3 fully saturated rings. The van der Waals surface area contributed by atoms with E-state index in [0.717, 1.165) is 44.3 Å². The fourth-order valence-electron chi connectivity index (χ4n) is 5.19. The molecule has 1 N–H and O–H groups in total. The third kappa shape index (κ3) is 3.88. The fourth-order valence-corrected chi connectivity index (χ4v) is 5.19. The van der Waals surface area contributed by atoms with Crippen LogP contribution >= 0.6 is 0 Å². The van der Waals surface area contributed by atoms with Crippen molar-refractivity contribution in [3.8, 4) is 0 Å². The first-order valence-electron chi connectivity index (χ1n) is 11.2. The maximum atomic E-state index is 5.13. The molecule has 3 aliphatic heterocycles. The highest BCUT2D eigenvalue weighted by Crippen LogP contribution is 2.29. The molecule has 5 rings (SSSR count). The van der Waals surface area contributed by atoms with Crippen molar-refractivity contribution in [1.82, 2.24) is 20.1 Å². The van der Waals surface area contributed by atoms with Crippen molar-refractivity contribution in [2.24, 2.45) is 0 Å². The molecule has 28 heavy (non-hydrogen) atoms. The Balaban J connectivity index is 1.36. The van der Waals surface area contributed by atoms with Gasteiger partial charge in [0.05, 0.1) is 5.52 Å². The molecule has 3 saturated heterocycles. The molecule has 2 aromatic rings. The summed E-state index contributed by atoms with van der Waals surface area (Å²) in [7, 11) is 0. The molecule has 4 heterocycles. The van der Waals surface area contributed by atoms with Crippen LogP contribution in [-0.4, -0.2) is 73.2 Å². The fraction of sp³-hybridized carbons (Fsp3) is 0.609. The summed E-state index contributed by atoms with van der Waals surface area (Å²) in [5.41, 5.74) is 2.55. The van der Waals surface area contributed by atoms with Crippen LogP contribution in [0.3, 0.4) is 0 Å². The second-order valence-electron chi connectivity index (χ2n) is 8.68. The molecule has 0 saturated carbocycles. The van der Waals surface area contributed by atoms with Gasteiger partial charge in [-0.15, -0.1) is 0 Å². The lowest BCUT2D eigenvalue weighted by atomic mass is 10.1. The van der Waals surface area contributed by atoms with E-state index in [-0.39, 0.29) is 0 Å². The zero-order valence-corrected chi connectivity index (χ0v) is 16.9. The van der Waals surface area contributed by atoms with Gasteiger partial charge in [0.1, 0.15) is 5.82 Å². The quantitative estimate of drug-likeness (QED) is 0.884. The average molecular weight is 380 g/mol. The van der Waals surface area contributed by atoms with E-state index in [4.69, 9.17) is 4.98 Å². The van der Waals surface area contributed by atoms with Gasteiger partial charge in [-0.05, 0) is 37.8 Å². The van der Waals surface area contributed by atoms with Crippen LogP contribution in [0.2, 0.25) is 0 Å². The summed E-state index contributed by atoms with van der Waals surface area (Å²) in [5.74, 6) is 1.24. The highest BCUT2D eigenvalue weighted by molar-refractivity contribution is 5.81. The van der Waals surface area contributed by atoms with Gasteiger partial charge in [-0.3, -0.25) is 9.80 Å². The largest absolute Gasteiger partial charge is 0.356 e. The van der Waals surface area contributed by atoms with Crippen molar-refractivity contribution >= 4 is 16.7 Å². The Labute approximate surface area is 168 Å². The van der Waals surface area contributed by atoms with E-state index < -0.39 is 0 Å². The summed E-state index contributed by atoms with van der Waals surface area (Å²) in [4.78, 5) is 13.0. The molecule has 0 amide bonds. The summed E-state index contributed by atoms with van der Waals surface area (Å²) in [5, 5.41) is 4.76.